The number of carbonyl (C=O) groups is 2. The maximum Gasteiger partial charge on any atom is 0.442 e. The first-order valence-electron chi connectivity index (χ1n) is 8.78. The lowest BCUT2D eigenvalue weighted by atomic mass is 10.1. The van der Waals surface area contributed by atoms with Gasteiger partial charge in [0, 0.05) is 18.5 Å². The van der Waals surface area contributed by atoms with Crippen LogP contribution in [0.3, 0.4) is 0 Å². The quantitative estimate of drug-likeness (QED) is 0.755. The number of rotatable bonds is 6. The smallest absolute Gasteiger partial charge is 0.312 e. The minimum atomic E-state index is -5.13. The summed E-state index contributed by atoms with van der Waals surface area (Å²) in [6.45, 7) is 3.34. The van der Waals surface area contributed by atoms with E-state index in [1.54, 1.807) is 36.4 Å². The van der Waals surface area contributed by atoms with Crippen LogP contribution in [0.1, 0.15) is 15.9 Å². The van der Waals surface area contributed by atoms with E-state index >= 15 is 0 Å². The Morgan fingerprint density at radius 3 is 2.24 bits per heavy atom. The van der Waals surface area contributed by atoms with Crippen molar-refractivity contribution in [1.29, 1.82) is 0 Å². The van der Waals surface area contributed by atoms with Crippen molar-refractivity contribution in [2.75, 3.05) is 6.54 Å². The number of carbonyl (C=O) groups excluding carboxylic acids is 2. The van der Waals surface area contributed by atoms with E-state index in [0.29, 0.717) is 5.56 Å². The lowest BCUT2D eigenvalue weighted by molar-refractivity contribution is -0.196. The first-order valence-corrected chi connectivity index (χ1v) is 8.78. The summed E-state index contributed by atoms with van der Waals surface area (Å²) >= 11 is 0. The molecule has 0 bridgehead atoms. The molecule has 1 unspecified atom stereocenters. The predicted octanol–water partition coefficient (Wildman–Crippen LogP) is 3.34. The summed E-state index contributed by atoms with van der Waals surface area (Å²) in [5, 5.41) is 1.83. The predicted molar refractivity (Wildman–Crippen MR) is 102 cm³/mol. The SMILES string of the molecule is C=CCN1C(=O)C(NC(=O)c2ccccc2)(C(F)(F)F)N=C1Cc1ccccc1. The van der Waals surface area contributed by atoms with Crippen LogP contribution in [0, 0.1) is 0 Å². The average Bonchev–Trinajstić information content (AvgIpc) is 2.96. The third-order valence-electron chi connectivity index (χ3n) is 4.42. The highest BCUT2D eigenvalue weighted by atomic mass is 19.4. The molecule has 150 valence electrons. The van der Waals surface area contributed by atoms with Gasteiger partial charge in [-0.1, -0.05) is 54.6 Å². The monoisotopic (exact) mass is 401 g/mol. The van der Waals surface area contributed by atoms with Crippen molar-refractivity contribution in [2.24, 2.45) is 4.99 Å². The fourth-order valence-corrected chi connectivity index (χ4v) is 3.01. The first-order chi connectivity index (χ1) is 13.8. The molecular weight excluding hydrogens is 383 g/mol. The molecule has 0 spiro atoms. The highest BCUT2D eigenvalue weighted by Gasteiger charge is 2.66. The molecule has 1 aliphatic heterocycles. The van der Waals surface area contributed by atoms with Gasteiger partial charge < -0.3 is 5.32 Å². The van der Waals surface area contributed by atoms with Crippen LogP contribution in [-0.4, -0.2) is 40.9 Å². The molecule has 0 aliphatic carbocycles. The molecule has 0 fully saturated rings. The van der Waals surface area contributed by atoms with E-state index in [1.807, 2.05) is 5.32 Å². The number of aliphatic imine (C=N–C) groups is 1. The Balaban J connectivity index is 2.03. The summed E-state index contributed by atoms with van der Waals surface area (Å²) < 4.78 is 42.2. The second-order valence-corrected chi connectivity index (χ2v) is 6.42. The van der Waals surface area contributed by atoms with Gasteiger partial charge in [0.25, 0.3) is 11.8 Å². The summed E-state index contributed by atoms with van der Waals surface area (Å²) in [7, 11) is 0. The Hall–Kier alpha value is -3.42. The number of halogens is 3. The normalized spacial score (nSPS) is 19.1. The standard InChI is InChI=1S/C21H18F3N3O2/c1-2-13-27-17(14-15-9-5-3-6-10-15)25-20(19(27)29,21(22,23)24)26-18(28)16-11-7-4-8-12-16/h2-12H,1,13-14H2,(H,26,28). The van der Waals surface area contributed by atoms with Gasteiger partial charge in [0.2, 0.25) is 0 Å². The van der Waals surface area contributed by atoms with Gasteiger partial charge in [0.15, 0.2) is 0 Å². The fraction of sp³-hybridized carbons (Fsp3) is 0.190. The lowest BCUT2D eigenvalue weighted by Gasteiger charge is -2.29. The van der Waals surface area contributed by atoms with Crippen LogP contribution in [0.15, 0.2) is 78.3 Å². The number of nitrogens with zero attached hydrogens (tertiary/aromatic N) is 2. The zero-order valence-electron chi connectivity index (χ0n) is 15.3. The van der Waals surface area contributed by atoms with E-state index in [2.05, 4.69) is 11.6 Å². The Morgan fingerprint density at radius 2 is 1.69 bits per heavy atom. The van der Waals surface area contributed by atoms with E-state index < -0.39 is 23.7 Å². The van der Waals surface area contributed by atoms with Gasteiger partial charge in [-0.2, -0.15) is 13.2 Å². The van der Waals surface area contributed by atoms with Crippen molar-refractivity contribution in [3.05, 3.63) is 84.4 Å². The average molecular weight is 401 g/mol. The number of hydrogen-bond acceptors (Lipinski definition) is 3. The summed E-state index contributed by atoms with van der Waals surface area (Å²) in [4.78, 5) is 29.9. The molecule has 2 aromatic carbocycles. The summed E-state index contributed by atoms with van der Waals surface area (Å²) in [6, 6.07) is 16.0. The van der Waals surface area contributed by atoms with Gasteiger partial charge in [-0.05, 0) is 17.7 Å². The number of hydrogen-bond donors (Lipinski definition) is 1. The molecule has 5 nitrogen and oxygen atoms in total. The third-order valence-corrected chi connectivity index (χ3v) is 4.42. The number of amides is 2. The zero-order valence-corrected chi connectivity index (χ0v) is 15.3. The Labute approximate surface area is 165 Å². The van der Waals surface area contributed by atoms with E-state index in [4.69, 9.17) is 0 Å². The molecule has 3 rings (SSSR count). The van der Waals surface area contributed by atoms with Crippen molar-refractivity contribution in [1.82, 2.24) is 10.2 Å². The van der Waals surface area contributed by atoms with Crippen molar-refractivity contribution in [3.8, 4) is 0 Å². The summed E-state index contributed by atoms with van der Waals surface area (Å²) in [5.41, 5.74) is -2.71. The molecule has 0 aromatic heterocycles. The Morgan fingerprint density at radius 1 is 1.10 bits per heavy atom. The van der Waals surface area contributed by atoms with Crippen molar-refractivity contribution < 1.29 is 22.8 Å². The minimum Gasteiger partial charge on any atom is -0.312 e. The van der Waals surface area contributed by atoms with Gasteiger partial charge in [-0.3, -0.25) is 14.5 Å². The molecule has 0 radical (unpaired) electrons. The highest BCUT2D eigenvalue weighted by Crippen LogP contribution is 2.38. The summed E-state index contributed by atoms with van der Waals surface area (Å²) in [5.74, 6) is -2.49. The molecule has 0 saturated carbocycles. The van der Waals surface area contributed by atoms with Crippen LogP contribution >= 0.6 is 0 Å². The van der Waals surface area contributed by atoms with Crippen LogP contribution in [-0.2, 0) is 11.2 Å². The van der Waals surface area contributed by atoms with Gasteiger partial charge >= 0.3 is 11.8 Å². The number of amidine groups is 1. The summed E-state index contributed by atoms with van der Waals surface area (Å²) in [6.07, 6.45) is -3.82. The van der Waals surface area contributed by atoms with Crippen LogP contribution in [0.2, 0.25) is 0 Å². The maximum atomic E-state index is 14.1. The Kier molecular flexibility index (Phi) is 5.54. The van der Waals surface area contributed by atoms with Crippen LogP contribution in [0.4, 0.5) is 13.2 Å². The van der Waals surface area contributed by atoms with Gasteiger partial charge in [-0.25, -0.2) is 4.99 Å². The van der Waals surface area contributed by atoms with E-state index in [0.717, 1.165) is 4.90 Å². The van der Waals surface area contributed by atoms with E-state index in [1.165, 1.54) is 30.3 Å². The van der Waals surface area contributed by atoms with Crippen molar-refractivity contribution >= 4 is 17.6 Å². The molecule has 29 heavy (non-hydrogen) atoms. The van der Waals surface area contributed by atoms with Crippen molar-refractivity contribution in [3.63, 3.8) is 0 Å². The Bertz CT molecular complexity index is 943. The number of alkyl halides is 3. The van der Waals surface area contributed by atoms with Gasteiger partial charge in [-0.15, -0.1) is 6.58 Å². The van der Waals surface area contributed by atoms with Crippen molar-refractivity contribution in [2.45, 2.75) is 18.3 Å². The van der Waals surface area contributed by atoms with Crippen LogP contribution in [0.25, 0.3) is 0 Å². The molecule has 1 N–H and O–H groups in total. The third kappa shape index (κ3) is 3.91. The number of benzene rings is 2. The lowest BCUT2D eigenvalue weighted by Crippen LogP contribution is -2.63. The van der Waals surface area contributed by atoms with E-state index in [-0.39, 0.29) is 24.4 Å². The molecule has 1 atom stereocenters. The molecule has 8 heteroatoms. The maximum absolute atomic E-state index is 14.1. The van der Waals surface area contributed by atoms with Gasteiger partial charge in [0.1, 0.15) is 5.84 Å². The van der Waals surface area contributed by atoms with Crippen LogP contribution < -0.4 is 5.32 Å². The molecular formula is C21H18F3N3O2. The van der Waals surface area contributed by atoms with Gasteiger partial charge in [0.05, 0.1) is 0 Å². The first kappa shape index (κ1) is 20.3. The fourth-order valence-electron chi connectivity index (χ4n) is 3.01. The van der Waals surface area contributed by atoms with E-state index in [9.17, 15) is 22.8 Å². The molecule has 2 aromatic rings. The molecule has 2 amide bonds. The zero-order chi connectivity index (χ0) is 21.1. The van der Waals surface area contributed by atoms with Crippen LogP contribution in [0.5, 0.6) is 0 Å². The topological polar surface area (TPSA) is 61.8 Å². The highest BCUT2D eigenvalue weighted by molar-refractivity contribution is 6.11. The molecule has 1 aliphatic rings. The number of nitrogens with one attached hydrogen (secondary N) is 1. The second-order valence-electron chi connectivity index (χ2n) is 6.42. The molecule has 1 heterocycles. The second kappa shape index (κ2) is 7.90. The largest absolute Gasteiger partial charge is 0.442 e. The minimum absolute atomic E-state index is 0.000538. The molecule has 0 saturated heterocycles.